The fourth-order valence-electron chi connectivity index (χ4n) is 2.47. The summed E-state index contributed by atoms with van der Waals surface area (Å²) in [5.41, 5.74) is -0.452. The normalized spacial score (nSPS) is 22.4. The lowest BCUT2D eigenvalue weighted by molar-refractivity contribution is -0.173. The number of carbonyl (C=O) groups excluding carboxylic acids is 1. The van der Waals surface area contributed by atoms with Gasteiger partial charge in [-0.25, -0.2) is 13.6 Å². The van der Waals surface area contributed by atoms with Crippen LogP contribution in [-0.4, -0.2) is 41.1 Å². The summed E-state index contributed by atoms with van der Waals surface area (Å²) in [7, 11) is 0. The molecule has 1 amide bonds. The number of amides is 1. The van der Waals surface area contributed by atoms with Crippen molar-refractivity contribution in [2.75, 3.05) is 13.2 Å². The fourth-order valence-corrected chi connectivity index (χ4v) is 2.47. The first kappa shape index (κ1) is 15.4. The van der Waals surface area contributed by atoms with Crippen LogP contribution in [0, 0.1) is 11.6 Å². The molecule has 5 nitrogen and oxygen atoms in total. The lowest BCUT2D eigenvalue weighted by Crippen LogP contribution is -2.52. The van der Waals surface area contributed by atoms with Crippen LogP contribution >= 0.6 is 0 Å². The SMILES string of the molecule is CCCN1C(=O)COC(C(=O)O)C1c1c(F)cccc1F. The number of hydrogen-bond acceptors (Lipinski definition) is 3. The van der Waals surface area contributed by atoms with Crippen LogP contribution in [0.15, 0.2) is 18.2 Å². The van der Waals surface area contributed by atoms with Gasteiger partial charge in [-0.3, -0.25) is 4.79 Å². The molecule has 114 valence electrons. The lowest BCUT2D eigenvalue weighted by Gasteiger charge is -2.39. The molecule has 0 radical (unpaired) electrons. The summed E-state index contributed by atoms with van der Waals surface area (Å²) in [5.74, 6) is -3.64. The van der Waals surface area contributed by atoms with Crippen molar-refractivity contribution < 1.29 is 28.2 Å². The van der Waals surface area contributed by atoms with Crippen LogP contribution in [0.3, 0.4) is 0 Å². The van der Waals surface area contributed by atoms with Crippen molar-refractivity contribution in [2.24, 2.45) is 0 Å². The molecule has 1 fully saturated rings. The minimum Gasteiger partial charge on any atom is -0.479 e. The first-order valence-electron chi connectivity index (χ1n) is 6.55. The molecule has 2 atom stereocenters. The first-order chi connectivity index (χ1) is 9.97. The van der Waals surface area contributed by atoms with Crippen LogP contribution in [0.4, 0.5) is 8.78 Å². The van der Waals surface area contributed by atoms with Crippen LogP contribution < -0.4 is 0 Å². The Kier molecular flexibility index (Phi) is 4.52. The number of aliphatic carboxylic acids is 1. The van der Waals surface area contributed by atoms with Gasteiger partial charge in [-0.15, -0.1) is 0 Å². The summed E-state index contributed by atoms with van der Waals surface area (Å²) < 4.78 is 33.0. The van der Waals surface area contributed by atoms with E-state index in [4.69, 9.17) is 4.74 Å². The molecular weight excluding hydrogens is 284 g/mol. The first-order valence-corrected chi connectivity index (χ1v) is 6.55. The fraction of sp³-hybridized carbons (Fsp3) is 0.429. The van der Waals surface area contributed by atoms with Gasteiger partial charge in [0.05, 0.1) is 6.04 Å². The topological polar surface area (TPSA) is 66.8 Å². The van der Waals surface area contributed by atoms with Gasteiger partial charge in [-0.05, 0) is 18.6 Å². The average Bonchev–Trinajstić information content (AvgIpc) is 2.42. The Hall–Kier alpha value is -2.02. The number of nitrogens with zero attached hydrogens (tertiary/aromatic N) is 1. The molecule has 0 spiro atoms. The zero-order valence-corrected chi connectivity index (χ0v) is 11.4. The van der Waals surface area contributed by atoms with Crippen molar-refractivity contribution in [1.82, 2.24) is 4.90 Å². The molecule has 0 aliphatic carbocycles. The van der Waals surface area contributed by atoms with E-state index in [2.05, 4.69) is 0 Å². The Morgan fingerprint density at radius 1 is 1.43 bits per heavy atom. The summed E-state index contributed by atoms with van der Waals surface area (Å²) in [6.07, 6.45) is -0.967. The monoisotopic (exact) mass is 299 g/mol. The van der Waals surface area contributed by atoms with Gasteiger partial charge < -0.3 is 14.7 Å². The van der Waals surface area contributed by atoms with E-state index in [0.29, 0.717) is 6.42 Å². The third-order valence-corrected chi connectivity index (χ3v) is 3.33. The van der Waals surface area contributed by atoms with Crippen LogP contribution in [-0.2, 0) is 14.3 Å². The Balaban J connectivity index is 2.54. The molecule has 2 unspecified atom stereocenters. The number of halogens is 2. The molecule has 1 heterocycles. The summed E-state index contributed by atoms with van der Waals surface area (Å²) in [5, 5.41) is 9.22. The van der Waals surface area contributed by atoms with E-state index < -0.39 is 47.8 Å². The van der Waals surface area contributed by atoms with Gasteiger partial charge in [0.1, 0.15) is 18.2 Å². The van der Waals surface area contributed by atoms with Gasteiger partial charge in [-0.1, -0.05) is 13.0 Å². The maximum Gasteiger partial charge on any atom is 0.335 e. The maximum atomic E-state index is 14.0. The Morgan fingerprint density at radius 3 is 2.57 bits per heavy atom. The molecule has 0 aromatic heterocycles. The number of hydrogen-bond donors (Lipinski definition) is 1. The van der Waals surface area contributed by atoms with E-state index in [1.54, 1.807) is 6.92 Å². The van der Waals surface area contributed by atoms with Gasteiger partial charge in [0, 0.05) is 12.1 Å². The van der Waals surface area contributed by atoms with Crippen molar-refractivity contribution >= 4 is 11.9 Å². The van der Waals surface area contributed by atoms with Gasteiger partial charge >= 0.3 is 5.97 Å². The number of rotatable bonds is 4. The molecule has 2 rings (SSSR count). The van der Waals surface area contributed by atoms with Crippen molar-refractivity contribution in [1.29, 1.82) is 0 Å². The molecule has 0 bridgehead atoms. The number of carboxylic acids is 1. The van der Waals surface area contributed by atoms with Crippen LogP contribution in [0.1, 0.15) is 24.9 Å². The second-order valence-electron chi connectivity index (χ2n) is 4.74. The second kappa shape index (κ2) is 6.17. The highest BCUT2D eigenvalue weighted by atomic mass is 19.1. The second-order valence-corrected chi connectivity index (χ2v) is 4.74. The van der Waals surface area contributed by atoms with Crippen molar-refractivity contribution in [3.63, 3.8) is 0 Å². The lowest BCUT2D eigenvalue weighted by atomic mass is 9.96. The Morgan fingerprint density at radius 2 is 2.05 bits per heavy atom. The van der Waals surface area contributed by atoms with Crippen molar-refractivity contribution in [3.05, 3.63) is 35.4 Å². The molecule has 1 aromatic rings. The zero-order chi connectivity index (χ0) is 15.6. The van der Waals surface area contributed by atoms with E-state index in [9.17, 15) is 23.5 Å². The molecule has 21 heavy (non-hydrogen) atoms. The smallest absolute Gasteiger partial charge is 0.335 e. The van der Waals surface area contributed by atoms with Crippen LogP contribution in [0.25, 0.3) is 0 Å². The van der Waals surface area contributed by atoms with E-state index in [1.165, 1.54) is 11.0 Å². The summed E-state index contributed by atoms with van der Waals surface area (Å²) >= 11 is 0. The largest absolute Gasteiger partial charge is 0.479 e. The number of carboxylic acid groups (broad SMARTS) is 1. The van der Waals surface area contributed by atoms with E-state index in [0.717, 1.165) is 12.1 Å². The predicted octanol–water partition coefficient (Wildman–Crippen LogP) is 1.73. The summed E-state index contributed by atoms with van der Waals surface area (Å²) in [6, 6.07) is 1.92. The third-order valence-electron chi connectivity index (χ3n) is 3.33. The molecule has 1 aliphatic rings. The molecule has 0 saturated carbocycles. The summed E-state index contributed by atoms with van der Waals surface area (Å²) in [6.45, 7) is 1.57. The van der Waals surface area contributed by atoms with E-state index >= 15 is 0 Å². The molecule has 1 aliphatic heterocycles. The summed E-state index contributed by atoms with van der Waals surface area (Å²) in [4.78, 5) is 24.4. The molecule has 7 heteroatoms. The zero-order valence-electron chi connectivity index (χ0n) is 11.4. The highest BCUT2D eigenvalue weighted by Crippen LogP contribution is 2.33. The predicted molar refractivity (Wildman–Crippen MR) is 68.5 cm³/mol. The third kappa shape index (κ3) is 2.87. The standard InChI is InChI=1S/C14H15F2NO4/c1-2-6-17-10(18)7-21-13(14(19)20)12(17)11-8(15)4-3-5-9(11)16/h3-5,12-13H,2,6-7H2,1H3,(H,19,20). The quantitative estimate of drug-likeness (QED) is 0.919. The molecule has 1 saturated heterocycles. The number of benzene rings is 1. The Labute approximate surface area is 120 Å². The maximum absolute atomic E-state index is 14.0. The molecule has 1 aromatic carbocycles. The highest BCUT2D eigenvalue weighted by Gasteiger charge is 2.43. The Bertz CT molecular complexity index is 544. The van der Waals surface area contributed by atoms with Crippen molar-refractivity contribution in [3.8, 4) is 0 Å². The minimum absolute atomic E-state index is 0.199. The number of morpholine rings is 1. The number of carbonyl (C=O) groups is 2. The molecule has 1 N–H and O–H groups in total. The van der Waals surface area contributed by atoms with Crippen LogP contribution in [0.5, 0.6) is 0 Å². The molecular formula is C14H15F2NO4. The van der Waals surface area contributed by atoms with E-state index in [-0.39, 0.29) is 6.54 Å². The van der Waals surface area contributed by atoms with Crippen LogP contribution in [0.2, 0.25) is 0 Å². The van der Waals surface area contributed by atoms with Gasteiger partial charge in [0.2, 0.25) is 5.91 Å². The van der Waals surface area contributed by atoms with Gasteiger partial charge in [0.25, 0.3) is 0 Å². The average molecular weight is 299 g/mol. The highest BCUT2D eigenvalue weighted by molar-refractivity contribution is 5.83. The minimum atomic E-state index is -1.50. The number of ether oxygens (including phenoxy) is 1. The van der Waals surface area contributed by atoms with Gasteiger partial charge in [-0.2, -0.15) is 0 Å². The van der Waals surface area contributed by atoms with Crippen molar-refractivity contribution in [2.45, 2.75) is 25.5 Å². The van der Waals surface area contributed by atoms with E-state index in [1.807, 2.05) is 0 Å². The van der Waals surface area contributed by atoms with Gasteiger partial charge in [0.15, 0.2) is 6.10 Å².